The molecule has 5 nitrogen and oxygen atoms in total. The molecule has 58 valence electrons. The molecule has 2 N–H and O–H groups in total. The Morgan fingerprint density at radius 2 is 2.30 bits per heavy atom. The lowest BCUT2D eigenvalue weighted by Gasteiger charge is -2.24. The summed E-state index contributed by atoms with van der Waals surface area (Å²) in [4.78, 5) is 1.27. The van der Waals surface area contributed by atoms with E-state index in [1.165, 1.54) is 11.1 Å². The van der Waals surface area contributed by atoms with Crippen molar-refractivity contribution in [3.8, 4) is 0 Å². The van der Waals surface area contributed by atoms with Crippen LogP contribution in [0.4, 0.5) is 0 Å². The van der Waals surface area contributed by atoms with Gasteiger partial charge in [0.15, 0.2) is 6.21 Å². The molecular weight excluding hydrogens is 136 g/mol. The van der Waals surface area contributed by atoms with E-state index in [0.717, 1.165) is 0 Å². The van der Waals surface area contributed by atoms with Crippen LogP contribution < -0.4 is 0 Å². The van der Waals surface area contributed by atoms with Crippen LogP contribution in [0.25, 0.3) is 0 Å². The summed E-state index contributed by atoms with van der Waals surface area (Å²) in [5, 5.41) is 27.8. The first-order chi connectivity index (χ1) is 4.70. The summed E-state index contributed by atoms with van der Waals surface area (Å²) in [7, 11) is 0. The maximum atomic E-state index is 10.6. The second kappa shape index (κ2) is 2.96. The zero-order chi connectivity index (χ0) is 7.56. The van der Waals surface area contributed by atoms with Gasteiger partial charge in [-0.3, -0.25) is 0 Å². The van der Waals surface area contributed by atoms with Gasteiger partial charge in [-0.15, -0.1) is 0 Å². The van der Waals surface area contributed by atoms with Gasteiger partial charge in [0, 0.05) is 13.0 Å². The lowest BCUT2D eigenvalue weighted by Crippen LogP contribution is -2.43. The van der Waals surface area contributed by atoms with Crippen LogP contribution in [0.15, 0.2) is 0 Å². The molecule has 0 unspecified atom stereocenters. The number of aliphatic hydroxyl groups is 2. The van der Waals surface area contributed by atoms with Crippen molar-refractivity contribution in [1.82, 2.24) is 4.90 Å². The molecule has 0 amide bonds. The fourth-order valence-corrected chi connectivity index (χ4v) is 0.864. The summed E-state index contributed by atoms with van der Waals surface area (Å²) in [6.45, 7) is 0.564. The predicted octanol–water partition coefficient (Wildman–Crippen LogP) is -1.50. The number of hydroxylamine groups is 1. The van der Waals surface area contributed by atoms with E-state index in [0.29, 0.717) is 17.7 Å². The average molecular weight is 146 g/mol. The minimum atomic E-state index is -1.51. The first-order valence-corrected chi connectivity index (χ1v) is 3.07. The molecule has 1 aliphatic rings. The van der Waals surface area contributed by atoms with Crippen LogP contribution >= 0.6 is 0 Å². The Bertz CT molecular complexity index is 146. The number of hydrogen-bond donors (Lipinski definition) is 2. The van der Waals surface area contributed by atoms with Crippen LogP contribution in [-0.2, 0) is 0 Å². The summed E-state index contributed by atoms with van der Waals surface area (Å²) < 4.78 is 0.683. The van der Waals surface area contributed by atoms with Crippen molar-refractivity contribution in [1.29, 1.82) is 0 Å². The highest BCUT2D eigenvalue weighted by atomic mass is 16.5. The summed E-state index contributed by atoms with van der Waals surface area (Å²) in [6, 6.07) is 0. The molecule has 10 heavy (non-hydrogen) atoms. The van der Waals surface area contributed by atoms with Crippen molar-refractivity contribution < 1.29 is 15.0 Å². The fraction of sp³-hybridized carbons (Fsp3) is 0.800. The number of rotatable bonds is 1. The number of aliphatic hydroxyl groups excluding tert-OH is 1. The molecule has 0 aromatic carbocycles. The quantitative estimate of drug-likeness (QED) is 0.268. The monoisotopic (exact) mass is 146 g/mol. The molecule has 0 atom stereocenters. The van der Waals surface area contributed by atoms with Crippen molar-refractivity contribution in [2.45, 2.75) is 12.8 Å². The summed E-state index contributed by atoms with van der Waals surface area (Å²) >= 11 is 0. The third kappa shape index (κ3) is 1.66. The van der Waals surface area contributed by atoms with E-state index >= 15 is 0 Å². The Balaban J connectivity index is 2.45. The van der Waals surface area contributed by atoms with Crippen molar-refractivity contribution in [3.63, 3.8) is 0 Å². The Labute approximate surface area is 58.4 Å². The highest BCUT2D eigenvalue weighted by Crippen LogP contribution is 1.98. The molecular formula is C5H10N2O3. The minimum absolute atomic E-state index is 0.0394. The van der Waals surface area contributed by atoms with Crippen LogP contribution in [0.3, 0.4) is 0 Å². The molecule has 1 rings (SSSR count). The van der Waals surface area contributed by atoms with Crippen molar-refractivity contribution in [3.05, 3.63) is 5.21 Å². The summed E-state index contributed by atoms with van der Waals surface area (Å²) in [5.41, 5.74) is 0. The van der Waals surface area contributed by atoms with E-state index in [9.17, 15) is 5.21 Å². The molecule has 0 saturated heterocycles. The summed E-state index contributed by atoms with van der Waals surface area (Å²) in [5.74, 6) is 0. The molecule has 0 aliphatic carbocycles. The Morgan fingerprint density at radius 1 is 1.60 bits per heavy atom. The van der Waals surface area contributed by atoms with Crippen LogP contribution in [0.5, 0.6) is 0 Å². The molecule has 0 spiro atoms. The van der Waals surface area contributed by atoms with Crippen molar-refractivity contribution in [2.75, 3.05) is 13.2 Å². The zero-order valence-corrected chi connectivity index (χ0v) is 5.47. The van der Waals surface area contributed by atoms with Gasteiger partial charge < -0.3 is 15.4 Å². The summed E-state index contributed by atoms with van der Waals surface area (Å²) in [6.07, 6.45) is 0.546. The van der Waals surface area contributed by atoms with E-state index in [4.69, 9.17) is 10.2 Å². The van der Waals surface area contributed by atoms with Gasteiger partial charge in [0.05, 0.1) is 0 Å². The van der Waals surface area contributed by atoms with Gasteiger partial charge in [0.2, 0.25) is 13.1 Å². The van der Waals surface area contributed by atoms with Crippen molar-refractivity contribution >= 4 is 6.21 Å². The van der Waals surface area contributed by atoms with Crippen LogP contribution in [0.2, 0.25) is 0 Å². The Morgan fingerprint density at radius 3 is 2.70 bits per heavy atom. The van der Waals surface area contributed by atoms with E-state index in [-0.39, 0.29) is 6.67 Å². The molecule has 1 heterocycles. The van der Waals surface area contributed by atoms with E-state index in [1.54, 1.807) is 0 Å². The van der Waals surface area contributed by atoms with Crippen LogP contribution in [0.1, 0.15) is 6.42 Å². The minimum Gasteiger partial charge on any atom is -0.623 e. The van der Waals surface area contributed by atoms with Gasteiger partial charge in [-0.1, -0.05) is 0 Å². The predicted molar refractivity (Wildman–Crippen MR) is 34.1 cm³/mol. The molecule has 0 radical (unpaired) electrons. The van der Waals surface area contributed by atoms with Gasteiger partial charge >= 0.3 is 0 Å². The van der Waals surface area contributed by atoms with Gasteiger partial charge in [0.1, 0.15) is 0 Å². The van der Waals surface area contributed by atoms with Gasteiger partial charge in [-0.05, 0) is 0 Å². The van der Waals surface area contributed by atoms with E-state index < -0.39 is 6.41 Å². The normalized spacial score (nSPS) is 21.3. The molecule has 0 bridgehead atoms. The number of hydrogen-bond acceptors (Lipinski definition) is 4. The topological polar surface area (TPSA) is 69.8 Å². The first kappa shape index (κ1) is 7.46. The third-order valence-corrected chi connectivity index (χ3v) is 1.40. The molecule has 0 aromatic heterocycles. The smallest absolute Gasteiger partial charge is 0.218 e. The van der Waals surface area contributed by atoms with E-state index in [2.05, 4.69) is 0 Å². The van der Waals surface area contributed by atoms with Gasteiger partial charge in [0.25, 0.3) is 0 Å². The molecule has 5 heteroatoms. The SMILES string of the molecule is [O-][N+]1=CCCN(C(O)O)C1. The molecule has 0 aromatic rings. The maximum absolute atomic E-state index is 10.6. The Kier molecular flexibility index (Phi) is 2.21. The molecule has 1 aliphatic heterocycles. The molecule has 0 fully saturated rings. The highest BCUT2D eigenvalue weighted by Gasteiger charge is 2.18. The standard InChI is InChI=1S/C5H10N2O3/c8-5(9)6-2-1-3-7(10)4-6/h3,5,8-9H,1-2,4H2. The maximum Gasteiger partial charge on any atom is 0.218 e. The van der Waals surface area contributed by atoms with E-state index in [1.807, 2.05) is 0 Å². The lowest BCUT2D eigenvalue weighted by atomic mass is 10.4. The second-order valence-electron chi connectivity index (χ2n) is 2.19. The molecule has 0 saturated carbocycles. The van der Waals surface area contributed by atoms with Gasteiger partial charge in [-0.25, -0.2) is 4.74 Å². The number of nitrogens with zero attached hydrogens (tertiary/aromatic N) is 2. The third-order valence-electron chi connectivity index (χ3n) is 1.40. The van der Waals surface area contributed by atoms with Gasteiger partial charge in [-0.2, -0.15) is 4.90 Å². The lowest BCUT2D eigenvalue weighted by molar-refractivity contribution is -0.497. The average Bonchev–Trinajstić information content (AvgIpc) is 1.88. The first-order valence-electron chi connectivity index (χ1n) is 3.07. The second-order valence-corrected chi connectivity index (χ2v) is 2.19. The highest BCUT2D eigenvalue weighted by molar-refractivity contribution is 5.51. The fourth-order valence-electron chi connectivity index (χ4n) is 0.864. The van der Waals surface area contributed by atoms with Crippen LogP contribution in [-0.4, -0.2) is 45.7 Å². The van der Waals surface area contributed by atoms with Crippen LogP contribution in [0, 0.1) is 5.21 Å². The largest absolute Gasteiger partial charge is 0.623 e. The Hall–Kier alpha value is -0.650. The zero-order valence-electron chi connectivity index (χ0n) is 5.47. The van der Waals surface area contributed by atoms with Crippen molar-refractivity contribution in [2.24, 2.45) is 0 Å².